The first-order valence-electron chi connectivity index (χ1n) is 7.18. The summed E-state index contributed by atoms with van der Waals surface area (Å²) >= 11 is 3.44. The lowest BCUT2D eigenvalue weighted by molar-refractivity contribution is -0.133. The van der Waals surface area contributed by atoms with Crippen molar-refractivity contribution in [1.82, 2.24) is 4.90 Å². The van der Waals surface area contributed by atoms with E-state index >= 15 is 0 Å². The molecule has 2 atom stereocenters. The number of hydrogen-bond acceptors (Lipinski definition) is 2. The Morgan fingerprint density at radius 3 is 2.95 bits per heavy atom. The summed E-state index contributed by atoms with van der Waals surface area (Å²) in [5.74, 6) is 0.388. The first kappa shape index (κ1) is 15.5. The Bertz CT molecular complexity index is 487. The summed E-state index contributed by atoms with van der Waals surface area (Å²) in [6, 6.07) is 6.02. The van der Waals surface area contributed by atoms with Crippen LogP contribution in [0.15, 0.2) is 22.7 Å². The summed E-state index contributed by atoms with van der Waals surface area (Å²) in [4.78, 5) is 14.3. The van der Waals surface area contributed by atoms with Gasteiger partial charge in [-0.15, -0.1) is 0 Å². The first-order chi connectivity index (χ1) is 9.47. The summed E-state index contributed by atoms with van der Waals surface area (Å²) in [6.07, 6.45) is 2.12. The third kappa shape index (κ3) is 3.83. The molecule has 0 aliphatic carbocycles. The number of carbonyl (C=O) groups excluding carboxylic acids is 1. The second-order valence-corrected chi connectivity index (χ2v) is 6.65. The van der Waals surface area contributed by atoms with Crippen LogP contribution in [0, 0.1) is 12.8 Å². The Labute approximate surface area is 129 Å². The molecule has 20 heavy (non-hydrogen) atoms. The van der Waals surface area contributed by atoms with Gasteiger partial charge in [-0.05, 0) is 49.9 Å². The Morgan fingerprint density at radius 2 is 2.30 bits per heavy atom. The van der Waals surface area contributed by atoms with Gasteiger partial charge in [-0.2, -0.15) is 0 Å². The molecule has 1 saturated heterocycles. The largest absolute Gasteiger partial charge is 0.393 e. The molecule has 0 unspecified atom stereocenters. The fraction of sp³-hybridized carbons (Fsp3) is 0.562. The molecule has 1 aromatic rings. The number of aliphatic hydroxyl groups is 1. The molecule has 2 rings (SSSR count). The van der Waals surface area contributed by atoms with Crippen LogP contribution < -0.4 is 0 Å². The van der Waals surface area contributed by atoms with Crippen molar-refractivity contribution < 1.29 is 9.90 Å². The van der Waals surface area contributed by atoms with Crippen molar-refractivity contribution in [1.29, 1.82) is 0 Å². The Morgan fingerprint density at radius 1 is 1.55 bits per heavy atom. The predicted molar refractivity (Wildman–Crippen MR) is 83.6 cm³/mol. The molecule has 0 radical (unpaired) electrons. The van der Waals surface area contributed by atoms with Crippen LogP contribution in [0.3, 0.4) is 0 Å². The van der Waals surface area contributed by atoms with Crippen molar-refractivity contribution >= 4 is 21.8 Å². The van der Waals surface area contributed by atoms with Crippen molar-refractivity contribution in [2.45, 2.75) is 39.2 Å². The number of aliphatic hydroxyl groups excluding tert-OH is 1. The minimum Gasteiger partial charge on any atom is -0.393 e. The van der Waals surface area contributed by atoms with E-state index in [1.165, 1.54) is 0 Å². The standard InChI is InChI=1S/C16H22BrNO2/c1-11-8-15(17)6-5-13(11)9-16(20)18-7-3-4-14(10-18)12(2)19/h5-6,8,12,14,19H,3-4,7,9-10H2,1-2H3/t12-,14-/m0/s1. The van der Waals surface area contributed by atoms with Gasteiger partial charge in [0.25, 0.3) is 0 Å². The van der Waals surface area contributed by atoms with Gasteiger partial charge in [0.15, 0.2) is 0 Å². The van der Waals surface area contributed by atoms with Crippen molar-refractivity contribution in [2.75, 3.05) is 13.1 Å². The van der Waals surface area contributed by atoms with E-state index < -0.39 is 0 Å². The number of rotatable bonds is 3. The third-order valence-corrected chi connectivity index (χ3v) is 4.63. The maximum atomic E-state index is 12.4. The highest BCUT2D eigenvalue weighted by Crippen LogP contribution is 2.22. The number of carbonyl (C=O) groups is 1. The molecule has 1 amide bonds. The molecule has 1 aliphatic heterocycles. The van der Waals surface area contributed by atoms with Gasteiger partial charge >= 0.3 is 0 Å². The normalized spacial score (nSPS) is 20.8. The number of amides is 1. The fourth-order valence-electron chi connectivity index (χ4n) is 2.76. The number of nitrogens with zero attached hydrogens (tertiary/aromatic N) is 1. The zero-order chi connectivity index (χ0) is 14.7. The minimum atomic E-state index is -0.333. The number of aryl methyl sites for hydroxylation is 1. The van der Waals surface area contributed by atoms with E-state index in [0.29, 0.717) is 13.0 Å². The first-order valence-corrected chi connectivity index (χ1v) is 7.97. The monoisotopic (exact) mass is 339 g/mol. The Kier molecular flexibility index (Phi) is 5.22. The number of likely N-dealkylation sites (tertiary alicyclic amines) is 1. The molecule has 3 nitrogen and oxygen atoms in total. The number of benzene rings is 1. The lowest BCUT2D eigenvalue weighted by Gasteiger charge is -2.34. The molecule has 1 heterocycles. The van der Waals surface area contributed by atoms with Gasteiger partial charge in [0, 0.05) is 23.5 Å². The fourth-order valence-corrected chi connectivity index (χ4v) is 3.24. The van der Waals surface area contributed by atoms with Crippen LogP contribution in [-0.2, 0) is 11.2 Å². The summed E-state index contributed by atoms with van der Waals surface area (Å²) in [5, 5.41) is 9.70. The molecular weight excluding hydrogens is 318 g/mol. The van der Waals surface area contributed by atoms with Gasteiger partial charge in [-0.25, -0.2) is 0 Å². The minimum absolute atomic E-state index is 0.167. The SMILES string of the molecule is Cc1cc(Br)ccc1CC(=O)N1CCC[C@H]([C@H](C)O)C1. The van der Waals surface area contributed by atoms with E-state index in [1.807, 2.05) is 36.9 Å². The van der Waals surface area contributed by atoms with Crippen LogP contribution in [0.2, 0.25) is 0 Å². The van der Waals surface area contributed by atoms with Crippen LogP contribution in [0.1, 0.15) is 30.9 Å². The summed E-state index contributed by atoms with van der Waals surface area (Å²) in [6.45, 7) is 5.35. The Balaban J connectivity index is 2.00. The zero-order valence-electron chi connectivity index (χ0n) is 12.1. The smallest absolute Gasteiger partial charge is 0.227 e. The van der Waals surface area contributed by atoms with Crippen molar-refractivity contribution in [3.63, 3.8) is 0 Å². The molecule has 4 heteroatoms. The van der Waals surface area contributed by atoms with Crippen molar-refractivity contribution in [2.24, 2.45) is 5.92 Å². The topological polar surface area (TPSA) is 40.5 Å². The molecular formula is C16H22BrNO2. The molecule has 1 N–H and O–H groups in total. The molecule has 110 valence electrons. The quantitative estimate of drug-likeness (QED) is 0.919. The average molecular weight is 340 g/mol. The highest BCUT2D eigenvalue weighted by Gasteiger charge is 2.26. The van der Waals surface area contributed by atoms with Crippen LogP contribution >= 0.6 is 15.9 Å². The number of halogens is 1. The third-order valence-electron chi connectivity index (χ3n) is 4.14. The average Bonchev–Trinajstić information content (AvgIpc) is 2.42. The second-order valence-electron chi connectivity index (χ2n) is 5.73. The van der Waals surface area contributed by atoms with Gasteiger partial charge in [0.1, 0.15) is 0 Å². The number of hydrogen-bond donors (Lipinski definition) is 1. The van der Waals surface area contributed by atoms with Crippen LogP contribution in [0.4, 0.5) is 0 Å². The van der Waals surface area contributed by atoms with E-state index in [9.17, 15) is 9.90 Å². The highest BCUT2D eigenvalue weighted by atomic mass is 79.9. The van der Waals surface area contributed by atoms with E-state index in [0.717, 1.165) is 35.0 Å². The Hall–Kier alpha value is -0.870. The van der Waals surface area contributed by atoms with E-state index in [2.05, 4.69) is 15.9 Å². The van der Waals surface area contributed by atoms with Gasteiger partial charge in [-0.3, -0.25) is 4.79 Å². The van der Waals surface area contributed by atoms with Gasteiger partial charge in [0.05, 0.1) is 12.5 Å². The molecule has 0 aromatic heterocycles. The van der Waals surface area contributed by atoms with Gasteiger partial charge in [-0.1, -0.05) is 22.0 Å². The molecule has 1 aromatic carbocycles. The van der Waals surface area contributed by atoms with Crippen LogP contribution in [0.5, 0.6) is 0 Å². The van der Waals surface area contributed by atoms with E-state index in [4.69, 9.17) is 0 Å². The number of piperidine rings is 1. The lowest BCUT2D eigenvalue weighted by Crippen LogP contribution is -2.43. The van der Waals surface area contributed by atoms with E-state index in [1.54, 1.807) is 0 Å². The predicted octanol–water partition coefficient (Wildman–Crippen LogP) is 2.92. The van der Waals surface area contributed by atoms with E-state index in [-0.39, 0.29) is 17.9 Å². The molecule has 1 fully saturated rings. The summed E-state index contributed by atoms with van der Waals surface area (Å²) < 4.78 is 1.04. The molecule has 0 spiro atoms. The maximum Gasteiger partial charge on any atom is 0.227 e. The zero-order valence-corrected chi connectivity index (χ0v) is 13.7. The van der Waals surface area contributed by atoms with Gasteiger partial charge < -0.3 is 10.0 Å². The van der Waals surface area contributed by atoms with Gasteiger partial charge in [0.2, 0.25) is 5.91 Å². The van der Waals surface area contributed by atoms with Crippen molar-refractivity contribution in [3.05, 3.63) is 33.8 Å². The summed E-state index contributed by atoms with van der Waals surface area (Å²) in [5.41, 5.74) is 2.22. The highest BCUT2D eigenvalue weighted by molar-refractivity contribution is 9.10. The maximum absolute atomic E-state index is 12.4. The molecule has 1 aliphatic rings. The summed E-state index contributed by atoms with van der Waals surface area (Å²) in [7, 11) is 0. The molecule has 0 bridgehead atoms. The molecule has 0 saturated carbocycles. The van der Waals surface area contributed by atoms with Crippen LogP contribution in [-0.4, -0.2) is 35.1 Å². The van der Waals surface area contributed by atoms with Crippen molar-refractivity contribution in [3.8, 4) is 0 Å². The lowest BCUT2D eigenvalue weighted by atomic mass is 9.93. The van der Waals surface area contributed by atoms with Crippen LogP contribution in [0.25, 0.3) is 0 Å². The second kappa shape index (κ2) is 6.72.